The summed E-state index contributed by atoms with van der Waals surface area (Å²) < 4.78 is 0. The Morgan fingerprint density at radius 2 is 2.38 bits per heavy atom. The van der Waals surface area contributed by atoms with Crippen molar-refractivity contribution >= 4 is 5.91 Å². The van der Waals surface area contributed by atoms with Crippen LogP contribution in [0.15, 0.2) is 0 Å². The summed E-state index contributed by atoms with van der Waals surface area (Å²) in [7, 11) is 1.62. The van der Waals surface area contributed by atoms with Crippen molar-refractivity contribution in [1.29, 1.82) is 5.26 Å². The van der Waals surface area contributed by atoms with Crippen LogP contribution in [-0.2, 0) is 4.79 Å². The number of hydrogen-bond donors (Lipinski definition) is 2. The lowest BCUT2D eigenvalue weighted by atomic mass is 10.1. The van der Waals surface area contributed by atoms with Gasteiger partial charge in [-0.25, -0.2) is 0 Å². The van der Waals surface area contributed by atoms with Gasteiger partial charge in [-0.1, -0.05) is 0 Å². The second-order valence-electron chi connectivity index (χ2n) is 3.39. The van der Waals surface area contributed by atoms with Crippen LogP contribution in [-0.4, -0.2) is 25.5 Å². The van der Waals surface area contributed by atoms with Crippen molar-refractivity contribution in [3.05, 3.63) is 0 Å². The third-order valence-corrected chi connectivity index (χ3v) is 2.45. The van der Waals surface area contributed by atoms with Gasteiger partial charge in [0, 0.05) is 19.0 Å². The highest BCUT2D eigenvalue weighted by molar-refractivity contribution is 5.77. The lowest BCUT2D eigenvalue weighted by Crippen LogP contribution is -2.36. The molecule has 4 heteroatoms. The molecule has 0 bridgehead atoms. The van der Waals surface area contributed by atoms with Crippen LogP contribution >= 0.6 is 0 Å². The molecule has 1 fully saturated rings. The monoisotopic (exact) mass is 181 g/mol. The average molecular weight is 181 g/mol. The van der Waals surface area contributed by atoms with Crippen molar-refractivity contribution < 1.29 is 4.79 Å². The van der Waals surface area contributed by atoms with Crippen LogP contribution in [0.1, 0.15) is 19.3 Å². The number of carbonyl (C=O) groups is 1. The van der Waals surface area contributed by atoms with Crippen molar-refractivity contribution in [2.24, 2.45) is 5.92 Å². The summed E-state index contributed by atoms with van der Waals surface area (Å²) in [5.41, 5.74) is 0. The molecular weight excluding hydrogens is 166 g/mol. The molecule has 0 aromatic rings. The SMILES string of the molecule is CNC(=O)CNC1CCC(C#N)C1. The number of nitrogens with one attached hydrogen (secondary N) is 2. The summed E-state index contributed by atoms with van der Waals surface area (Å²) in [6, 6.07) is 2.60. The first-order chi connectivity index (χ1) is 6.26. The standard InChI is InChI=1S/C9H15N3O/c1-11-9(13)6-12-8-3-2-7(4-8)5-10/h7-8,12H,2-4,6H2,1H3,(H,11,13). The maximum Gasteiger partial charge on any atom is 0.233 e. The first-order valence-corrected chi connectivity index (χ1v) is 4.60. The molecule has 4 nitrogen and oxygen atoms in total. The Morgan fingerprint density at radius 3 is 2.92 bits per heavy atom. The van der Waals surface area contributed by atoms with E-state index in [9.17, 15) is 4.79 Å². The van der Waals surface area contributed by atoms with E-state index in [0.717, 1.165) is 19.3 Å². The molecule has 2 atom stereocenters. The third-order valence-electron chi connectivity index (χ3n) is 2.45. The van der Waals surface area contributed by atoms with E-state index in [4.69, 9.17) is 5.26 Å². The highest BCUT2D eigenvalue weighted by Gasteiger charge is 2.23. The van der Waals surface area contributed by atoms with Gasteiger partial charge in [-0.2, -0.15) is 5.26 Å². The van der Waals surface area contributed by atoms with Gasteiger partial charge in [-0.05, 0) is 19.3 Å². The van der Waals surface area contributed by atoms with E-state index >= 15 is 0 Å². The first kappa shape index (κ1) is 10.0. The fourth-order valence-electron chi connectivity index (χ4n) is 1.61. The number of hydrogen-bond acceptors (Lipinski definition) is 3. The zero-order valence-electron chi connectivity index (χ0n) is 7.84. The molecule has 2 unspecified atom stereocenters. The molecule has 13 heavy (non-hydrogen) atoms. The van der Waals surface area contributed by atoms with Crippen LogP contribution < -0.4 is 10.6 Å². The molecule has 72 valence electrons. The lowest BCUT2D eigenvalue weighted by molar-refractivity contribution is -0.119. The number of nitrogens with zero attached hydrogens (tertiary/aromatic N) is 1. The van der Waals surface area contributed by atoms with Gasteiger partial charge in [0.1, 0.15) is 0 Å². The van der Waals surface area contributed by atoms with E-state index in [1.54, 1.807) is 7.05 Å². The molecule has 2 N–H and O–H groups in total. The second kappa shape index (κ2) is 4.83. The Morgan fingerprint density at radius 1 is 1.62 bits per heavy atom. The zero-order chi connectivity index (χ0) is 9.68. The van der Waals surface area contributed by atoms with Crippen LogP contribution in [0.3, 0.4) is 0 Å². The summed E-state index contributed by atoms with van der Waals surface area (Å²) in [4.78, 5) is 10.9. The van der Waals surface area contributed by atoms with Crippen LogP contribution in [0.2, 0.25) is 0 Å². The van der Waals surface area contributed by atoms with Gasteiger partial charge in [-0.15, -0.1) is 0 Å². The summed E-state index contributed by atoms with van der Waals surface area (Å²) in [5, 5.41) is 14.3. The fourth-order valence-corrected chi connectivity index (χ4v) is 1.61. The van der Waals surface area contributed by atoms with E-state index in [0.29, 0.717) is 12.6 Å². The topological polar surface area (TPSA) is 64.9 Å². The Balaban J connectivity index is 2.18. The molecule has 1 aliphatic rings. The summed E-state index contributed by atoms with van der Waals surface area (Å²) in [6.07, 6.45) is 2.85. The van der Waals surface area contributed by atoms with Crippen LogP contribution in [0, 0.1) is 17.2 Å². The van der Waals surface area contributed by atoms with E-state index in [1.807, 2.05) is 0 Å². The molecule has 1 rings (SSSR count). The van der Waals surface area contributed by atoms with E-state index < -0.39 is 0 Å². The van der Waals surface area contributed by atoms with Gasteiger partial charge in [0.25, 0.3) is 0 Å². The fraction of sp³-hybridized carbons (Fsp3) is 0.778. The predicted octanol–water partition coefficient (Wildman–Crippen LogP) is 0.0143. The van der Waals surface area contributed by atoms with Crippen molar-refractivity contribution in [3.63, 3.8) is 0 Å². The minimum atomic E-state index is 0.000377. The van der Waals surface area contributed by atoms with Gasteiger partial charge in [0.15, 0.2) is 0 Å². The molecule has 0 saturated heterocycles. The maximum atomic E-state index is 10.9. The quantitative estimate of drug-likeness (QED) is 0.645. The molecule has 0 aliphatic heterocycles. The van der Waals surface area contributed by atoms with Crippen molar-refractivity contribution in [2.75, 3.05) is 13.6 Å². The molecule has 0 aromatic heterocycles. The number of carbonyl (C=O) groups excluding carboxylic acids is 1. The normalized spacial score (nSPS) is 26.8. The maximum absolute atomic E-state index is 10.9. The lowest BCUT2D eigenvalue weighted by Gasteiger charge is -2.10. The average Bonchev–Trinajstić information content (AvgIpc) is 2.61. The number of likely N-dealkylation sites (N-methyl/N-ethyl adjacent to an activating group) is 1. The Labute approximate surface area is 78.3 Å². The highest BCUT2D eigenvalue weighted by Crippen LogP contribution is 2.24. The van der Waals surface area contributed by atoms with E-state index in [2.05, 4.69) is 16.7 Å². The van der Waals surface area contributed by atoms with Gasteiger partial charge < -0.3 is 10.6 Å². The molecule has 0 radical (unpaired) electrons. The number of nitriles is 1. The second-order valence-corrected chi connectivity index (χ2v) is 3.39. The van der Waals surface area contributed by atoms with Crippen LogP contribution in [0.4, 0.5) is 0 Å². The van der Waals surface area contributed by atoms with Gasteiger partial charge >= 0.3 is 0 Å². The first-order valence-electron chi connectivity index (χ1n) is 4.60. The van der Waals surface area contributed by atoms with Crippen molar-refractivity contribution in [2.45, 2.75) is 25.3 Å². The zero-order valence-corrected chi connectivity index (χ0v) is 7.84. The minimum absolute atomic E-state index is 0.000377. The predicted molar refractivity (Wildman–Crippen MR) is 48.8 cm³/mol. The van der Waals surface area contributed by atoms with Crippen molar-refractivity contribution in [1.82, 2.24) is 10.6 Å². The molecule has 0 spiro atoms. The Kier molecular flexibility index (Phi) is 3.71. The van der Waals surface area contributed by atoms with Gasteiger partial charge in [0.2, 0.25) is 5.91 Å². The number of rotatable bonds is 3. The summed E-state index contributed by atoms with van der Waals surface area (Å²) >= 11 is 0. The molecule has 1 aliphatic carbocycles. The Hall–Kier alpha value is -1.08. The third kappa shape index (κ3) is 3.03. The summed E-state index contributed by atoms with van der Waals surface area (Å²) in [6.45, 7) is 0.360. The molecule has 1 amide bonds. The van der Waals surface area contributed by atoms with Crippen LogP contribution in [0.5, 0.6) is 0 Å². The van der Waals surface area contributed by atoms with Gasteiger partial charge in [0.05, 0.1) is 12.6 Å². The molecular formula is C9H15N3O. The molecule has 1 saturated carbocycles. The minimum Gasteiger partial charge on any atom is -0.358 e. The van der Waals surface area contributed by atoms with Crippen molar-refractivity contribution in [3.8, 4) is 6.07 Å². The van der Waals surface area contributed by atoms with Gasteiger partial charge in [-0.3, -0.25) is 4.79 Å². The largest absolute Gasteiger partial charge is 0.358 e. The van der Waals surface area contributed by atoms with Crippen LogP contribution in [0.25, 0.3) is 0 Å². The smallest absolute Gasteiger partial charge is 0.233 e. The molecule has 0 aromatic carbocycles. The molecule has 0 heterocycles. The van der Waals surface area contributed by atoms with E-state index in [1.165, 1.54) is 0 Å². The highest BCUT2D eigenvalue weighted by atomic mass is 16.1. The van der Waals surface area contributed by atoms with E-state index in [-0.39, 0.29) is 11.8 Å². The summed E-state index contributed by atoms with van der Waals surface area (Å²) in [5.74, 6) is 0.183. The number of amides is 1. The Bertz CT molecular complexity index is 221.